The molecule has 0 aromatic heterocycles. The van der Waals surface area contributed by atoms with E-state index >= 15 is 0 Å². The zero-order valence-electron chi connectivity index (χ0n) is 10.7. The fourth-order valence-corrected chi connectivity index (χ4v) is 3.43. The summed E-state index contributed by atoms with van der Waals surface area (Å²) in [5, 5.41) is 3.34. The van der Waals surface area contributed by atoms with Gasteiger partial charge in [0, 0.05) is 25.7 Å². The van der Waals surface area contributed by atoms with Crippen molar-refractivity contribution in [3.63, 3.8) is 0 Å². The van der Waals surface area contributed by atoms with Crippen LogP contribution in [-0.4, -0.2) is 36.5 Å². The quantitative estimate of drug-likeness (QED) is 0.856. The van der Waals surface area contributed by atoms with Gasteiger partial charge in [0.15, 0.2) is 5.82 Å². The summed E-state index contributed by atoms with van der Waals surface area (Å²) >= 11 is 5.74. The largest absolute Gasteiger partial charge is 0.335 e. The molecular weight excluding hydrogens is 267 g/mol. The number of amides is 1. The van der Waals surface area contributed by atoms with Crippen molar-refractivity contribution in [3.05, 3.63) is 34.6 Å². The van der Waals surface area contributed by atoms with Crippen LogP contribution in [0.3, 0.4) is 0 Å². The van der Waals surface area contributed by atoms with Crippen molar-refractivity contribution in [2.45, 2.75) is 13.0 Å². The highest BCUT2D eigenvalue weighted by Gasteiger charge is 2.44. The van der Waals surface area contributed by atoms with Crippen LogP contribution in [0.15, 0.2) is 18.2 Å². The molecule has 2 aliphatic heterocycles. The summed E-state index contributed by atoms with van der Waals surface area (Å²) in [7, 11) is 0. The molecule has 19 heavy (non-hydrogen) atoms. The number of halogens is 2. The van der Waals surface area contributed by atoms with Crippen molar-refractivity contribution in [2.24, 2.45) is 11.8 Å². The first-order valence-electron chi connectivity index (χ1n) is 6.55. The van der Waals surface area contributed by atoms with Crippen LogP contribution in [0.5, 0.6) is 0 Å². The zero-order valence-corrected chi connectivity index (χ0v) is 11.5. The number of carbonyl (C=O) groups is 1. The predicted octanol–water partition coefficient (Wildman–Crippen LogP) is 2.16. The third kappa shape index (κ3) is 2.03. The number of benzene rings is 1. The highest BCUT2D eigenvalue weighted by atomic mass is 35.5. The van der Waals surface area contributed by atoms with Crippen LogP contribution in [0.1, 0.15) is 17.3 Å². The summed E-state index contributed by atoms with van der Waals surface area (Å²) in [6.07, 6.45) is 0. The van der Waals surface area contributed by atoms with Crippen LogP contribution >= 0.6 is 11.6 Å². The minimum Gasteiger partial charge on any atom is -0.335 e. The van der Waals surface area contributed by atoms with Crippen LogP contribution in [0.2, 0.25) is 5.02 Å². The van der Waals surface area contributed by atoms with E-state index < -0.39 is 5.82 Å². The van der Waals surface area contributed by atoms with E-state index in [1.54, 1.807) is 11.0 Å². The first-order chi connectivity index (χ1) is 9.09. The van der Waals surface area contributed by atoms with Crippen molar-refractivity contribution in [1.82, 2.24) is 10.2 Å². The van der Waals surface area contributed by atoms with Gasteiger partial charge >= 0.3 is 0 Å². The van der Waals surface area contributed by atoms with Crippen LogP contribution < -0.4 is 5.32 Å². The van der Waals surface area contributed by atoms with Crippen molar-refractivity contribution in [1.29, 1.82) is 0 Å². The summed E-state index contributed by atoms with van der Waals surface area (Å²) in [5.41, 5.74) is 0.0762. The average molecular weight is 283 g/mol. The monoisotopic (exact) mass is 282 g/mol. The number of nitrogens with zero attached hydrogens (tertiary/aromatic N) is 1. The number of hydrogen-bond acceptors (Lipinski definition) is 2. The second-order valence-corrected chi connectivity index (χ2v) is 5.79. The van der Waals surface area contributed by atoms with Crippen molar-refractivity contribution in [2.75, 3.05) is 19.6 Å². The Morgan fingerprint density at radius 1 is 1.47 bits per heavy atom. The van der Waals surface area contributed by atoms with Crippen LogP contribution in [0.25, 0.3) is 0 Å². The Morgan fingerprint density at radius 2 is 2.26 bits per heavy atom. The number of nitrogens with one attached hydrogen (secondary N) is 1. The van der Waals surface area contributed by atoms with Crippen LogP contribution in [0, 0.1) is 17.7 Å². The Hall–Kier alpha value is -1.13. The van der Waals surface area contributed by atoms with E-state index in [0.29, 0.717) is 18.4 Å². The van der Waals surface area contributed by atoms with E-state index in [1.807, 2.05) is 6.92 Å². The van der Waals surface area contributed by atoms with E-state index in [9.17, 15) is 9.18 Å². The lowest BCUT2D eigenvalue weighted by atomic mass is 9.95. The SMILES string of the molecule is CC1C2CNCC2CN1C(=O)c1cccc(Cl)c1F. The van der Waals surface area contributed by atoms with Gasteiger partial charge in [-0.25, -0.2) is 4.39 Å². The van der Waals surface area contributed by atoms with Gasteiger partial charge < -0.3 is 10.2 Å². The maximum atomic E-state index is 13.9. The second kappa shape index (κ2) is 4.76. The number of fused-ring (bicyclic) bond motifs is 1. The van der Waals surface area contributed by atoms with Gasteiger partial charge in [0.25, 0.3) is 5.91 Å². The molecule has 2 fully saturated rings. The molecule has 0 saturated carbocycles. The Bertz CT molecular complexity index is 522. The Kier molecular flexibility index (Phi) is 3.23. The first-order valence-corrected chi connectivity index (χ1v) is 6.93. The minimum absolute atomic E-state index is 0.000407. The number of carbonyl (C=O) groups excluding carboxylic acids is 1. The van der Waals surface area contributed by atoms with Gasteiger partial charge in [-0.3, -0.25) is 4.79 Å². The molecule has 2 aliphatic rings. The lowest BCUT2D eigenvalue weighted by Gasteiger charge is -2.24. The minimum atomic E-state index is -0.614. The molecule has 3 unspecified atom stereocenters. The molecule has 1 aromatic rings. The summed E-state index contributed by atoms with van der Waals surface area (Å²) in [4.78, 5) is 14.3. The molecular formula is C14H16ClFN2O. The van der Waals surface area contributed by atoms with Gasteiger partial charge in [-0.2, -0.15) is 0 Å². The topological polar surface area (TPSA) is 32.3 Å². The molecule has 2 heterocycles. The molecule has 1 amide bonds. The van der Waals surface area contributed by atoms with Crippen molar-refractivity contribution in [3.8, 4) is 0 Å². The van der Waals surface area contributed by atoms with Gasteiger partial charge in [0.2, 0.25) is 0 Å². The van der Waals surface area contributed by atoms with Crippen LogP contribution in [-0.2, 0) is 0 Å². The summed E-state index contributed by atoms with van der Waals surface area (Å²) in [5.74, 6) is 0.103. The number of rotatable bonds is 1. The van der Waals surface area contributed by atoms with Gasteiger partial charge in [0.05, 0.1) is 10.6 Å². The third-order valence-electron chi connectivity index (χ3n) is 4.38. The molecule has 1 aromatic carbocycles. The Balaban J connectivity index is 1.87. The molecule has 0 spiro atoms. The lowest BCUT2D eigenvalue weighted by molar-refractivity contribution is 0.0724. The fourth-order valence-electron chi connectivity index (χ4n) is 3.26. The summed E-state index contributed by atoms with van der Waals surface area (Å²) in [6.45, 7) is 4.62. The maximum absolute atomic E-state index is 13.9. The second-order valence-electron chi connectivity index (χ2n) is 5.38. The lowest BCUT2D eigenvalue weighted by Crippen LogP contribution is -2.38. The zero-order chi connectivity index (χ0) is 13.6. The number of likely N-dealkylation sites (tertiary alicyclic amines) is 1. The van der Waals surface area contributed by atoms with E-state index in [2.05, 4.69) is 5.32 Å². The summed E-state index contributed by atoms with van der Waals surface area (Å²) in [6, 6.07) is 4.72. The van der Waals surface area contributed by atoms with E-state index in [-0.39, 0.29) is 22.5 Å². The highest BCUT2D eigenvalue weighted by molar-refractivity contribution is 6.31. The molecule has 5 heteroatoms. The van der Waals surface area contributed by atoms with E-state index in [1.165, 1.54) is 12.1 Å². The van der Waals surface area contributed by atoms with Crippen molar-refractivity contribution < 1.29 is 9.18 Å². The molecule has 3 rings (SSSR count). The molecule has 3 nitrogen and oxygen atoms in total. The number of hydrogen-bond donors (Lipinski definition) is 1. The van der Waals surface area contributed by atoms with Gasteiger partial charge in [-0.15, -0.1) is 0 Å². The first kappa shape index (κ1) is 12.9. The Labute approximate surface area is 116 Å². The standard InChI is InChI=1S/C14H16ClFN2O/c1-8-11-6-17-5-9(11)7-18(8)14(19)10-3-2-4-12(15)13(10)16/h2-4,8-9,11,17H,5-7H2,1H3. The van der Waals surface area contributed by atoms with Crippen LogP contribution in [0.4, 0.5) is 4.39 Å². The van der Waals surface area contributed by atoms with Crippen molar-refractivity contribution >= 4 is 17.5 Å². The molecule has 0 bridgehead atoms. The summed E-state index contributed by atoms with van der Waals surface area (Å²) < 4.78 is 13.9. The molecule has 2 saturated heterocycles. The third-order valence-corrected chi connectivity index (χ3v) is 4.67. The van der Waals surface area contributed by atoms with E-state index in [4.69, 9.17) is 11.6 Å². The maximum Gasteiger partial charge on any atom is 0.257 e. The van der Waals surface area contributed by atoms with Gasteiger partial charge in [-0.05, 0) is 30.9 Å². The molecule has 0 aliphatic carbocycles. The molecule has 102 valence electrons. The van der Waals surface area contributed by atoms with Gasteiger partial charge in [0.1, 0.15) is 0 Å². The predicted molar refractivity (Wildman–Crippen MR) is 71.8 cm³/mol. The Morgan fingerprint density at radius 3 is 3.00 bits per heavy atom. The fraction of sp³-hybridized carbons (Fsp3) is 0.500. The van der Waals surface area contributed by atoms with Gasteiger partial charge in [-0.1, -0.05) is 17.7 Å². The average Bonchev–Trinajstić information content (AvgIpc) is 2.96. The highest BCUT2D eigenvalue weighted by Crippen LogP contribution is 2.33. The molecule has 3 atom stereocenters. The smallest absolute Gasteiger partial charge is 0.257 e. The molecule has 0 radical (unpaired) electrons. The molecule has 1 N–H and O–H groups in total. The normalized spacial score (nSPS) is 29.6. The van der Waals surface area contributed by atoms with E-state index in [0.717, 1.165) is 13.1 Å².